The third-order valence-electron chi connectivity index (χ3n) is 4.86. The van der Waals surface area contributed by atoms with Gasteiger partial charge in [0.2, 0.25) is 11.8 Å². The van der Waals surface area contributed by atoms with Gasteiger partial charge in [0.05, 0.1) is 12.1 Å². The summed E-state index contributed by atoms with van der Waals surface area (Å²) in [7, 11) is 0. The number of para-hydroxylation sites is 1. The molecule has 0 aromatic heterocycles. The molecule has 2 rings (SSSR count). The Hall–Kier alpha value is -3.23. The molecule has 1 fully saturated rings. The predicted molar refractivity (Wildman–Crippen MR) is 109 cm³/mol. The maximum atomic E-state index is 12.3. The maximum Gasteiger partial charge on any atom is 0.307 e. The van der Waals surface area contributed by atoms with Gasteiger partial charge >= 0.3 is 5.97 Å². The van der Waals surface area contributed by atoms with Crippen LogP contribution in [0.1, 0.15) is 44.0 Å². The van der Waals surface area contributed by atoms with Crippen molar-refractivity contribution in [1.82, 2.24) is 9.80 Å². The normalized spacial score (nSPS) is 14.6. The van der Waals surface area contributed by atoms with Crippen LogP contribution in [-0.2, 0) is 23.9 Å². The lowest BCUT2D eigenvalue weighted by Crippen LogP contribution is -2.50. The van der Waals surface area contributed by atoms with Gasteiger partial charge in [-0.25, -0.2) is 0 Å². The van der Waals surface area contributed by atoms with Crippen molar-refractivity contribution in [3.8, 4) is 0 Å². The summed E-state index contributed by atoms with van der Waals surface area (Å²) in [6.45, 7) is 6.12. The zero-order valence-electron chi connectivity index (χ0n) is 17.5. The van der Waals surface area contributed by atoms with Crippen LogP contribution >= 0.6 is 0 Å². The molecule has 0 aliphatic carbocycles. The van der Waals surface area contributed by atoms with Crippen LogP contribution in [0.4, 0.5) is 5.69 Å². The number of nitrogens with zero attached hydrogens (tertiary/aromatic N) is 2. The summed E-state index contributed by atoms with van der Waals surface area (Å²) in [6.07, 6.45) is -1.25. The molecule has 1 atom stereocenters. The molecule has 1 saturated heterocycles. The van der Waals surface area contributed by atoms with E-state index in [0.29, 0.717) is 37.4 Å². The third kappa shape index (κ3) is 6.40. The van der Waals surface area contributed by atoms with Gasteiger partial charge < -0.3 is 19.9 Å². The van der Waals surface area contributed by atoms with Gasteiger partial charge in [0.1, 0.15) is 0 Å². The molecule has 1 aliphatic heterocycles. The van der Waals surface area contributed by atoms with Crippen LogP contribution in [0.5, 0.6) is 0 Å². The van der Waals surface area contributed by atoms with Crippen LogP contribution in [0.3, 0.4) is 0 Å². The number of esters is 1. The number of piperazine rings is 1. The van der Waals surface area contributed by atoms with Crippen molar-refractivity contribution in [3.63, 3.8) is 0 Å². The monoisotopic (exact) mass is 417 g/mol. The van der Waals surface area contributed by atoms with Crippen LogP contribution in [0.25, 0.3) is 0 Å². The molecule has 1 aromatic carbocycles. The van der Waals surface area contributed by atoms with Crippen molar-refractivity contribution in [3.05, 3.63) is 29.8 Å². The molecule has 162 valence electrons. The van der Waals surface area contributed by atoms with E-state index < -0.39 is 18.0 Å². The van der Waals surface area contributed by atoms with E-state index in [2.05, 4.69) is 5.32 Å². The topological polar surface area (TPSA) is 113 Å². The van der Waals surface area contributed by atoms with Gasteiger partial charge in [-0.1, -0.05) is 12.1 Å². The largest absolute Gasteiger partial charge is 0.453 e. The quantitative estimate of drug-likeness (QED) is 0.527. The van der Waals surface area contributed by atoms with Gasteiger partial charge in [-0.15, -0.1) is 0 Å². The number of nitrogens with one attached hydrogen (secondary N) is 1. The first-order valence-corrected chi connectivity index (χ1v) is 9.82. The van der Waals surface area contributed by atoms with Crippen molar-refractivity contribution >= 4 is 35.2 Å². The van der Waals surface area contributed by atoms with Gasteiger partial charge in [0, 0.05) is 45.1 Å². The molecule has 0 unspecified atom stereocenters. The first kappa shape index (κ1) is 23.1. The van der Waals surface area contributed by atoms with E-state index in [9.17, 15) is 24.0 Å². The summed E-state index contributed by atoms with van der Waals surface area (Å²) in [5.41, 5.74) is 0.706. The van der Waals surface area contributed by atoms with Crippen LogP contribution in [0.15, 0.2) is 24.3 Å². The highest BCUT2D eigenvalue weighted by atomic mass is 16.5. The average Bonchev–Trinajstić information content (AvgIpc) is 2.72. The highest BCUT2D eigenvalue weighted by molar-refractivity contribution is 6.04. The van der Waals surface area contributed by atoms with Crippen molar-refractivity contribution in [1.29, 1.82) is 0 Å². The highest BCUT2D eigenvalue weighted by Crippen LogP contribution is 2.16. The Kier molecular flexibility index (Phi) is 8.08. The number of carbonyl (C=O) groups excluding carboxylic acids is 5. The van der Waals surface area contributed by atoms with Gasteiger partial charge in [0.15, 0.2) is 11.9 Å². The van der Waals surface area contributed by atoms with E-state index >= 15 is 0 Å². The van der Waals surface area contributed by atoms with Crippen LogP contribution in [0, 0.1) is 0 Å². The van der Waals surface area contributed by atoms with Gasteiger partial charge in [-0.2, -0.15) is 0 Å². The van der Waals surface area contributed by atoms with Crippen molar-refractivity contribution in [2.24, 2.45) is 0 Å². The highest BCUT2D eigenvalue weighted by Gasteiger charge is 2.24. The van der Waals surface area contributed by atoms with Crippen LogP contribution in [0.2, 0.25) is 0 Å². The first-order chi connectivity index (χ1) is 14.2. The summed E-state index contributed by atoms with van der Waals surface area (Å²) < 4.78 is 5.11. The molecular weight excluding hydrogens is 390 g/mol. The van der Waals surface area contributed by atoms with E-state index in [1.165, 1.54) is 20.8 Å². The number of Topliss-reactive ketones (excluding diaryl/α,β-unsaturated/α-hetero) is 1. The Bertz CT molecular complexity index is 830. The molecular formula is C21H27N3O6. The Morgan fingerprint density at radius 1 is 0.967 bits per heavy atom. The van der Waals surface area contributed by atoms with Crippen LogP contribution < -0.4 is 5.32 Å². The van der Waals surface area contributed by atoms with E-state index in [-0.39, 0.29) is 30.4 Å². The third-order valence-corrected chi connectivity index (χ3v) is 4.86. The summed E-state index contributed by atoms with van der Waals surface area (Å²) in [6, 6.07) is 6.55. The SMILES string of the molecule is CC(=O)c1ccccc1NC(=O)[C@H](C)OC(=O)CCC(=O)N1CCN(C(C)=O)CC1. The van der Waals surface area contributed by atoms with Gasteiger partial charge in [-0.05, 0) is 26.0 Å². The molecule has 0 spiro atoms. The molecule has 1 aromatic rings. The van der Waals surface area contributed by atoms with Gasteiger partial charge in [-0.3, -0.25) is 24.0 Å². The summed E-state index contributed by atoms with van der Waals surface area (Å²) >= 11 is 0. The Morgan fingerprint density at radius 3 is 2.17 bits per heavy atom. The second kappa shape index (κ2) is 10.5. The summed E-state index contributed by atoms with van der Waals surface area (Å²) in [5.74, 6) is -1.64. The summed E-state index contributed by atoms with van der Waals surface area (Å²) in [5, 5.41) is 2.58. The first-order valence-electron chi connectivity index (χ1n) is 9.82. The minimum absolute atomic E-state index is 0.0242. The molecule has 9 nitrogen and oxygen atoms in total. The maximum absolute atomic E-state index is 12.3. The average molecular weight is 417 g/mol. The molecule has 0 radical (unpaired) electrons. The Labute approximate surface area is 175 Å². The molecule has 30 heavy (non-hydrogen) atoms. The number of anilines is 1. The van der Waals surface area contributed by atoms with Crippen molar-refractivity contribution in [2.45, 2.75) is 39.7 Å². The van der Waals surface area contributed by atoms with E-state index in [1.54, 1.807) is 34.1 Å². The second-order valence-electron chi connectivity index (χ2n) is 7.11. The lowest BCUT2D eigenvalue weighted by Gasteiger charge is -2.34. The molecule has 9 heteroatoms. The summed E-state index contributed by atoms with van der Waals surface area (Å²) in [4.78, 5) is 62.8. The zero-order chi connectivity index (χ0) is 22.3. The Balaban J connectivity index is 1.78. The fourth-order valence-corrected chi connectivity index (χ4v) is 3.08. The fourth-order valence-electron chi connectivity index (χ4n) is 3.08. The van der Waals surface area contributed by atoms with Crippen LogP contribution in [-0.4, -0.2) is 71.6 Å². The minimum Gasteiger partial charge on any atom is -0.453 e. The number of benzene rings is 1. The van der Waals surface area contributed by atoms with Crippen molar-refractivity contribution in [2.75, 3.05) is 31.5 Å². The molecule has 3 amide bonds. The number of amides is 3. The van der Waals surface area contributed by atoms with E-state index in [4.69, 9.17) is 4.74 Å². The number of hydrogen-bond donors (Lipinski definition) is 1. The predicted octanol–water partition coefficient (Wildman–Crippen LogP) is 1.23. The number of ketones is 1. The fraction of sp³-hybridized carbons (Fsp3) is 0.476. The second-order valence-corrected chi connectivity index (χ2v) is 7.11. The van der Waals surface area contributed by atoms with Gasteiger partial charge in [0.25, 0.3) is 5.91 Å². The standard InChI is InChI=1S/C21H27N3O6/c1-14(25)17-6-4-5-7-18(17)22-21(29)15(2)30-20(28)9-8-19(27)24-12-10-23(11-13-24)16(3)26/h4-7,15H,8-13H2,1-3H3,(H,22,29)/t15-/m0/s1. The number of carbonyl (C=O) groups is 5. The lowest BCUT2D eigenvalue weighted by atomic mass is 10.1. The molecule has 1 N–H and O–H groups in total. The molecule has 1 heterocycles. The van der Waals surface area contributed by atoms with E-state index in [0.717, 1.165) is 0 Å². The smallest absolute Gasteiger partial charge is 0.307 e. The lowest BCUT2D eigenvalue weighted by molar-refractivity contribution is -0.154. The Morgan fingerprint density at radius 2 is 1.57 bits per heavy atom. The minimum atomic E-state index is -1.08. The number of ether oxygens (including phenoxy) is 1. The number of hydrogen-bond acceptors (Lipinski definition) is 6. The molecule has 1 aliphatic rings. The van der Waals surface area contributed by atoms with Crippen molar-refractivity contribution < 1.29 is 28.7 Å². The molecule has 0 saturated carbocycles. The number of rotatable bonds is 7. The van der Waals surface area contributed by atoms with E-state index in [1.807, 2.05) is 0 Å². The molecule has 0 bridgehead atoms. The zero-order valence-corrected chi connectivity index (χ0v) is 17.5.